The largest absolute Gasteiger partial charge is 0.250 e. The first-order valence-corrected chi connectivity index (χ1v) is 4.96. The van der Waals surface area contributed by atoms with Crippen molar-refractivity contribution in [2.24, 2.45) is 0 Å². The molecule has 0 aliphatic rings. The second-order valence-electron chi connectivity index (χ2n) is 2.15. The van der Waals surface area contributed by atoms with Crippen molar-refractivity contribution < 1.29 is 0 Å². The van der Waals surface area contributed by atoms with E-state index in [-0.39, 0.29) is 0 Å². The Bertz CT molecular complexity index is 240. The third kappa shape index (κ3) is 3.16. The van der Waals surface area contributed by atoms with Crippen molar-refractivity contribution in [3.05, 3.63) is 16.1 Å². The first-order valence-electron chi connectivity index (χ1n) is 2.95. The molecule has 1 rings (SSSR count). The Hall–Kier alpha value is 0.500. The maximum atomic E-state index is 5.61. The lowest BCUT2D eigenvalue weighted by Crippen LogP contribution is -2.06. The van der Waals surface area contributed by atoms with Crippen LogP contribution < -0.4 is 0 Å². The predicted octanol–water partition coefficient (Wildman–Crippen LogP) is 3.36. The zero-order valence-corrected chi connectivity index (χ0v) is 8.86. The van der Waals surface area contributed by atoms with Crippen molar-refractivity contribution in [1.29, 1.82) is 0 Å². The van der Waals surface area contributed by atoms with Gasteiger partial charge in [-0.3, -0.25) is 0 Å². The SMILES string of the molecule is Cc1ncsc1CC(Cl)(Cl)Cl. The number of aromatic nitrogens is 1. The van der Waals surface area contributed by atoms with E-state index in [0.717, 1.165) is 10.6 Å². The van der Waals surface area contributed by atoms with Crippen LogP contribution in [-0.4, -0.2) is 8.78 Å². The van der Waals surface area contributed by atoms with E-state index in [1.807, 2.05) is 6.92 Å². The van der Waals surface area contributed by atoms with Crippen LogP contribution in [0, 0.1) is 6.92 Å². The van der Waals surface area contributed by atoms with Gasteiger partial charge in [-0.2, -0.15) is 0 Å². The summed E-state index contributed by atoms with van der Waals surface area (Å²) >= 11 is 18.3. The van der Waals surface area contributed by atoms with Gasteiger partial charge in [-0.05, 0) is 6.92 Å². The van der Waals surface area contributed by atoms with E-state index in [9.17, 15) is 0 Å². The van der Waals surface area contributed by atoms with Crippen molar-refractivity contribution in [3.63, 3.8) is 0 Å². The Balaban J connectivity index is 2.72. The fourth-order valence-electron chi connectivity index (χ4n) is 0.678. The number of hydrogen-bond acceptors (Lipinski definition) is 2. The van der Waals surface area contributed by atoms with Gasteiger partial charge >= 0.3 is 0 Å². The Morgan fingerprint density at radius 3 is 2.55 bits per heavy atom. The zero-order valence-electron chi connectivity index (χ0n) is 5.77. The molecule has 62 valence electrons. The zero-order chi connectivity index (χ0) is 8.48. The van der Waals surface area contributed by atoms with Crippen molar-refractivity contribution in [1.82, 2.24) is 4.98 Å². The number of aryl methyl sites for hydroxylation is 1. The van der Waals surface area contributed by atoms with Gasteiger partial charge in [0.05, 0.1) is 11.2 Å². The monoisotopic (exact) mass is 229 g/mol. The molecule has 5 heteroatoms. The molecule has 0 saturated heterocycles. The molecule has 1 aromatic rings. The highest BCUT2D eigenvalue weighted by Gasteiger charge is 2.22. The highest BCUT2D eigenvalue weighted by atomic mass is 35.6. The molecule has 0 saturated carbocycles. The van der Waals surface area contributed by atoms with Crippen LogP contribution in [0.5, 0.6) is 0 Å². The quantitative estimate of drug-likeness (QED) is 0.674. The molecule has 11 heavy (non-hydrogen) atoms. The minimum atomic E-state index is -1.20. The molecule has 0 spiro atoms. The number of alkyl halides is 3. The Labute approximate surface area is 84.3 Å². The third-order valence-corrected chi connectivity index (χ3v) is 2.54. The van der Waals surface area contributed by atoms with Crippen molar-refractivity contribution >= 4 is 46.1 Å². The number of rotatable bonds is 1. The molecule has 1 nitrogen and oxygen atoms in total. The second-order valence-corrected chi connectivity index (χ2v) is 5.61. The maximum absolute atomic E-state index is 5.61. The van der Waals surface area contributed by atoms with Crippen molar-refractivity contribution in [2.45, 2.75) is 17.1 Å². The molecule has 0 atom stereocenters. The lowest BCUT2D eigenvalue weighted by atomic mass is 10.3. The summed E-state index contributed by atoms with van der Waals surface area (Å²) in [5, 5.41) is 0. The van der Waals surface area contributed by atoms with Crippen LogP contribution in [0.3, 0.4) is 0 Å². The third-order valence-electron chi connectivity index (χ3n) is 1.21. The predicted molar refractivity (Wildman–Crippen MR) is 50.8 cm³/mol. The molecule has 0 unspecified atom stereocenters. The van der Waals surface area contributed by atoms with Crippen molar-refractivity contribution in [2.75, 3.05) is 0 Å². The van der Waals surface area contributed by atoms with Gasteiger partial charge in [0.2, 0.25) is 0 Å². The first-order chi connectivity index (χ1) is 4.99. The normalized spacial score (nSPS) is 12.0. The number of nitrogens with zero attached hydrogens (tertiary/aromatic N) is 1. The Kier molecular flexibility index (Phi) is 3.03. The molecule has 1 heterocycles. The van der Waals surface area contributed by atoms with Crippen LogP contribution in [0.25, 0.3) is 0 Å². The second kappa shape index (κ2) is 3.48. The molecule has 0 radical (unpaired) electrons. The van der Waals surface area contributed by atoms with E-state index in [2.05, 4.69) is 4.98 Å². The van der Waals surface area contributed by atoms with Crippen LogP contribution in [0.2, 0.25) is 0 Å². The summed E-state index contributed by atoms with van der Waals surface area (Å²) in [6.07, 6.45) is 0.439. The molecule has 0 N–H and O–H groups in total. The maximum Gasteiger partial charge on any atom is 0.195 e. The van der Waals surface area contributed by atoms with E-state index in [1.165, 1.54) is 11.3 Å². The van der Waals surface area contributed by atoms with Gasteiger partial charge in [-0.15, -0.1) is 11.3 Å². The minimum absolute atomic E-state index is 0.439. The van der Waals surface area contributed by atoms with Gasteiger partial charge in [0.25, 0.3) is 0 Å². The van der Waals surface area contributed by atoms with E-state index in [1.54, 1.807) is 5.51 Å². The highest BCUT2D eigenvalue weighted by molar-refractivity contribution is 7.09. The summed E-state index contributed by atoms with van der Waals surface area (Å²) in [4.78, 5) is 5.08. The fourth-order valence-corrected chi connectivity index (χ4v) is 2.18. The summed E-state index contributed by atoms with van der Waals surface area (Å²) < 4.78 is -1.20. The summed E-state index contributed by atoms with van der Waals surface area (Å²) in [5.74, 6) is 0. The summed E-state index contributed by atoms with van der Waals surface area (Å²) in [6.45, 7) is 1.90. The summed E-state index contributed by atoms with van der Waals surface area (Å²) in [7, 11) is 0. The lowest BCUT2D eigenvalue weighted by Gasteiger charge is -2.08. The molecule has 0 amide bonds. The topological polar surface area (TPSA) is 12.9 Å². The van der Waals surface area contributed by atoms with E-state index < -0.39 is 3.79 Å². The average Bonchev–Trinajstić information content (AvgIpc) is 2.12. The molecule has 1 aromatic heterocycles. The van der Waals surface area contributed by atoms with Gasteiger partial charge in [0, 0.05) is 11.3 Å². The number of hydrogen-bond donors (Lipinski definition) is 0. The Morgan fingerprint density at radius 1 is 1.55 bits per heavy atom. The standard InChI is InChI=1S/C6H6Cl3NS/c1-4-5(11-3-10-4)2-6(7,8)9/h3H,2H2,1H3. The molecule has 0 aromatic carbocycles. The Morgan fingerprint density at radius 2 is 2.18 bits per heavy atom. The van der Waals surface area contributed by atoms with Gasteiger partial charge in [0.15, 0.2) is 3.79 Å². The minimum Gasteiger partial charge on any atom is -0.250 e. The van der Waals surface area contributed by atoms with Gasteiger partial charge in [-0.1, -0.05) is 34.8 Å². The summed E-state index contributed by atoms with van der Waals surface area (Å²) in [6, 6.07) is 0. The number of halogens is 3. The fraction of sp³-hybridized carbons (Fsp3) is 0.500. The average molecular weight is 231 g/mol. The van der Waals surface area contributed by atoms with E-state index >= 15 is 0 Å². The highest BCUT2D eigenvalue weighted by Crippen LogP contribution is 2.32. The number of thiazole rings is 1. The lowest BCUT2D eigenvalue weighted by molar-refractivity contribution is 1.02. The molecule has 0 aliphatic heterocycles. The van der Waals surface area contributed by atoms with E-state index in [0.29, 0.717) is 6.42 Å². The van der Waals surface area contributed by atoms with Crippen molar-refractivity contribution in [3.8, 4) is 0 Å². The smallest absolute Gasteiger partial charge is 0.195 e. The van der Waals surface area contributed by atoms with Crippen LogP contribution in [-0.2, 0) is 6.42 Å². The molecule has 0 aliphatic carbocycles. The van der Waals surface area contributed by atoms with Crippen LogP contribution in [0.4, 0.5) is 0 Å². The van der Waals surface area contributed by atoms with E-state index in [4.69, 9.17) is 34.8 Å². The van der Waals surface area contributed by atoms with Gasteiger partial charge < -0.3 is 0 Å². The van der Waals surface area contributed by atoms with Crippen LogP contribution in [0.1, 0.15) is 10.6 Å². The van der Waals surface area contributed by atoms with Gasteiger partial charge in [-0.25, -0.2) is 4.98 Å². The van der Waals surface area contributed by atoms with Crippen LogP contribution in [0.15, 0.2) is 5.51 Å². The van der Waals surface area contributed by atoms with Gasteiger partial charge in [0.1, 0.15) is 0 Å². The first kappa shape index (κ1) is 9.59. The molecular formula is C6H6Cl3NS. The molecule has 0 fully saturated rings. The van der Waals surface area contributed by atoms with Crippen LogP contribution >= 0.6 is 46.1 Å². The molecule has 0 bridgehead atoms. The summed E-state index contributed by atoms with van der Waals surface area (Å²) in [5.41, 5.74) is 2.70. The molecular weight excluding hydrogens is 224 g/mol.